The van der Waals surface area contributed by atoms with E-state index in [1.807, 2.05) is 43.0 Å². The second kappa shape index (κ2) is 11.0. The molecule has 0 bridgehead atoms. The number of rotatable bonds is 9. The van der Waals surface area contributed by atoms with Crippen molar-refractivity contribution in [3.05, 3.63) is 88.0 Å². The number of sulfonamides is 1. The smallest absolute Gasteiger partial charge is 0.292 e. The van der Waals surface area contributed by atoms with Crippen LogP contribution in [0.1, 0.15) is 11.1 Å². The Labute approximate surface area is 211 Å². The van der Waals surface area contributed by atoms with E-state index in [0.717, 1.165) is 22.6 Å². The van der Waals surface area contributed by atoms with E-state index in [0.29, 0.717) is 45.0 Å². The highest BCUT2D eigenvalue weighted by Gasteiger charge is 2.29. The molecule has 3 aromatic rings. The minimum Gasteiger partial charge on any atom is -0.491 e. The van der Waals surface area contributed by atoms with Gasteiger partial charge in [-0.05, 0) is 49.7 Å². The van der Waals surface area contributed by atoms with Crippen LogP contribution in [-0.4, -0.2) is 57.0 Å². The van der Waals surface area contributed by atoms with Gasteiger partial charge in [0.25, 0.3) is 5.69 Å². The molecule has 0 atom stereocenters. The lowest BCUT2D eigenvalue weighted by Crippen LogP contribution is -2.48. The maximum absolute atomic E-state index is 13.0. The van der Waals surface area contributed by atoms with E-state index in [-0.39, 0.29) is 10.6 Å². The number of para-hydroxylation sites is 1. The summed E-state index contributed by atoms with van der Waals surface area (Å²) in [5, 5.41) is 14.7. The van der Waals surface area contributed by atoms with Crippen molar-refractivity contribution < 1.29 is 18.1 Å². The van der Waals surface area contributed by atoms with E-state index in [9.17, 15) is 18.5 Å². The first-order valence-electron chi connectivity index (χ1n) is 11.8. The van der Waals surface area contributed by atoms with Gasteiger partial charge in [0.2, 0.25) is 10.0 Å². The second-order valence-corrected chi connectivity index (χ2v) is 10.6. The third-order valence-electron chi connectivity index (χ3n) is 6.21. The van der Waals surface area contributed by atoms with Crippen LogP contribution in [0.15, 0.2) is 71.6 Å². The maximum atomic E-state index is 13.0. The standard InChI is InChI=1S/C26H30N4O5S/c1-20-7-10-23(11-8-20)36(33,34)29-16-14-28(15-17-29)22-9-12-25(30(31)32)24(19-22)27-13-18-35-26-6-4-3-5-21(26)2/h3-12,19,27H,13-18H2,1-2H3. The molecular weight excluding hydrogens is 480 g/mol. The maximum Gasteiger partial charge on any atom is 0.292 e. The van der Waals surface area contributed by atoms with E-state index in [4.69, 9.17) is 4.74 Å². The largest absolute Gasteiger partial charge is 0.491 e. The number of hydrogen-bond acceptors (Lipinski definition) is 7. The van der Waals surface area contributed by atoms with E-state index in [2.05, 4.69) is 5.32 Å². The Kier molecular flexibility index (Phi) is 7.76. The van der Waals surface area contributed by atoms with Crippen molar-refractivity contribution in [2.24, 2.45) is 0 Å². The van der Waals surface area contributed by atoms with Gasteiger partial charge in [-0.15, -0.1) is 0 Å². The quantitative estimate of drug-likeness (QED) is 0.261. The van der Waals surface area contributed by atoms with Gasteiger partial charge in [-0.1, -0.05) is 35.9 Å². The van der Waals surface area contributed by atoms with Crippen molar-refractivity contribution in [3.63, 3.8) is 0 Å². The molecule has 190 valence electrons. The molecule has 1 N–H and O–H groups in total. The highest BCUT2D eigenvalue weighted by molar-refractivity contribution is 7.89. The van der Waals surface area contributed by atoms with Crippen LogP contribution in [0.2, 0.25) is 0 Å². The first-order valence-corrected chi connectivity index (χ1v) is 13.2. The fourth-order valence-corrected chi connectivity index (χ4v) is 5.55. The summed E-state index contributed by atoms with van der Waals surface area (Å²) in [6, 6.07) is 19.5. The van der Waals surface area contributed by atoms with Gasteiger partial charge >= 0.3 is 0 Å². The average molecular weight is 511 g/mol. The average Bonchev–Trinajstić information content (AvgIpc) is 2.87. The van der Waals surface area contributed by atoms with Crippen molar-refractivity contribution in [3.8, 4) is 5.75 Å². The van der Waals surface area contributed by atoms with E-state index in [1.165, 1.54) is 10.4 Å². The summed E-state index contributed by atoms with van der Waals surface area (Å²) in [6.45, 7) is 6.25. The van der Waals surface area contributed by atoms with Crippen LogP contribution in [0.5, 0.6) is 5.75 Å². The van der Waals surface area contributed by atoms with E-state index >= 15 is 0 Å². The Morgan fingerprint density at radius 3 is 2.33 bits per heavy atom. The van der Waals surface area contributed by atoms with Crippen molar-refractivity contribution in [2.45, 2.75) is 18.7 Å². The third kappa shape index (κ3) is 5.77. The molecule has 0 saturated carbocycles. The summed E-state index contributed by atoms with van der Waals surface area (Å²) >= 11 is 0. The van der Waals surface area contributed by atoms with Crippen LogP contribution >= 0.6 is 0 Å². The number of nitro benzene ring substituents is 1. The number of aryl methyl sites for hydroxylation is 2. The number of piperazine rings is 1. The van der Waals surface area contributed by atoms with Gasteiger partial charge in [0.15, 0.2) is 0 Å². The second-order valence-electron chi connectivity index (χ2n) is 8.70. The first-order chi connectivity index (χ1) is 17.3. The fraction of sp³-hybridized carbons (Fsp3) is 0.308. The molecular formula is C26H30N4O5S. The zero-order chi connectivity index (χ0) is 25.7. The van der Waals surface area contributed by atoms with Crippen LogP contribution in [0.25, 0.3) is 0 Å². The van der Waals surface area contributed by atoms with E-state index in [1.54, 1.807) is 36.4 Å². The molecule has 0 radical (unpaired) electrons. The molecule has 3 aromatic carbocycles. The number of nitro groups is 1. The van der Waals surface area contributed by atoms with Crippen LogP contribution in [0.4, 0.5) is 17.1 Å². The molecule has 1 aliphatic rings. The number of anilines is 2. The molecule has 0 aliphatic carbocycles. The zero-order valence-electron chi connectivity index (χ0n) is 20.4. The molecule has 4 rings (SSSR count). The van der Waals surface area contributed by atoms with E-state index < -0.39 is 14.9 Å². The Bertz CT molecular complexity index is 1320. The topological polar surface area (TPSA) is 105 Å². The Balaban J connectivity index is 1.40. The predicted octanol–water partition coefficient (Wildman–Crippen LogP) is 4.21. The lowest BCUT2D eigenvalue weighted by molar-refractivity contribution is -0.383. The minimum atomic E-state index is -3.56. The Morgan fingerprint density at radius 1 is 0.972 bits per heavy atom. The van der Waals surface area contributed by atoms with Gasteiger partial charge in [-0.2, -0.15) is 4.31 Å². The van der Waals surface area contributed by atoms with Crippen molar-refractivity contribution in [1.82, 2.24) is 4.31 Å². The summed E-state index contributed by atoms with van der Waals surface area (Å²) in [7, 11) is -3.56. The lowest BCUT2D eigenvalue weighted by atomic mass is 10.2. The highest BCUT2D eigenvalue weighted by atomic mass is 32.2. The molecule has 10 heteroatoms. The monoisotopic (exact) mass is 510 g/mol. The first kappa shape index (κ1) is 25.5. The molecule has 1 fully saturated rings. The SMILES string of the molecule is Cc1ccc(S(=O)(=O)N2CCN(c3ccc([N+](=O)[O-])c(NCCOc4ccccc4C)c3)CC2)cc1. The van der Waals surface area contributed by atoms with Crippen LogP contribution < -0.4 is 15.0 Å². The summed E-state index contributed by atoms with van der Waals surface area (Å²) in [6.07, 6.45) is 0. The number of nitrogens with zero attached hydrogens (tertiary/aromatic N) is 3. The summed E-state index contributed by atoms with van der Waals surface area (Å²) in [5.74, 6) is 0.779. The zero-order valence-corrected chi connectivity index (χ0v) is 21.2. The number of benzene rings is 3. The molecule has 0 spiro atoms. The summed E-state index contributed by atoms with van der Waals surface area (Å²) in [4.78, 5) is 13.5. The summed E-state index contributed by atoms with van der Waals surface area (Å²) in [5.41, 5.74) is 3.21. The molecule has 1 heterocycles. The highest BCUT2D eigenvalue weighted by Crippen LogP contribution is 2.30. The fourth-order valence-electron chi connectivity index (χ4n) is 4.13. The number of ether oxygens (including phenoxy) is 1. The van der Waals surface area contributed by atoms with Crippen molar-refractivity contribution in [2.75, 3.05) is 49.5 Å². The molecule has 36 heavy (non-hydrogen) atoms. The van der Waals surface area contributed by atoms with Gasteiger partial charge in [0.1, 0.15) is 18.0 Å². The normalized spacial score (nSPS) is 14.4. The predicted molar refractivity (Wildman–Crippen MR) is 140 cm³/mol. The summed E-state index contributed by atoms with van der Waals surface area (Å²) < 4.78 is 33.3. The third-order valence-corrected chi connectivity index (χ3v) is 8.12. The van der Waals surface area contributed by atoms with Gasteiger partial charge in [0.05, 0.1) is 9.82 Å². The molecule has 1 saturated heterocycles. The van der Waals surface area contributed by atoms with Gasteiger partial charge in [-0.25, -0.2) is 8.42 Å². The number of nitrogens with one attached hydrogen (secondary N) is 1. The molecule has 0 aromatic heterocycles. The van der Waals surface area contributed by atoms with Gasteiger partial charge < -0.3 is 15.0 Å². The van der Waals surface area contributed by atoms with Crippen molar-refractivity contribution >= 4 is 27.1 Å². The van der Waals surface area contributed by atoms with Gasteiger partial charge in [0, 0.05) is 44.5 Å². The van der Waals surface area contributed by atoms with Crippen LogP contribution in [0, 0.1) is 24.0 Å². The van der Waals surface area contributed by atoms with Gasteiger partial charge in [-0.3, -0.25) is 10.1 Å². The molecule has 0 unspecified atom stereocenters. The molecule has 1 aliphatic heterocycles. The lowest BCUT2D eigenvalue weighted by Gasteiger charge is -2.35. The van der Waals surface area contributed by atoms with Crippen LogP contribution in [0.3, 0.4) is 0 Å². The minimum absolute atomic E-state index is 0.0183. The molecule has 0 amide bonds. The Morgan fingerprint density at radius 2 is 1.67 bits per heavy atom. The van der Waals surface area contributed by atoms with Crippen molar-refractivity contribution in [1.29, 1.82) is 0 Å². The van der Waals surface area contributed by atoms with Crippen LogP contribution in [-0.2, 0) is 10.0 Å². The Hall–Kier alpha value is -3.63. The molecule has 9 nitrogen and oxygen atoms in total. The number of hydrogen-bond donors (Lipinski definition) is 1.